The first-order valence-electron chi connectivity index (χ1n) is 10.5. The standard InChI is InChI=1S/C20H35N3O2/c21-14-18(15-8-2-1-3-9-15)22-19(24)16-10-4-5-11-17(16)20(25)23-12-6-7-13-23/h15-18H,1-14,21H2,(H,22,24). The van der Waals surface area contributed by atoms with Gasteiger partial charge in [0, 0.05) is 37.5 Å². The van der Waals surface area contributed by atoms with Crippen LogP contribution >= 0.6 is 0 Å². The van der Waals surface area contributed by atoms with Gasteiger partial charge in [-0.05, 0) is 44.4 Å². The van der Waals surface area contributed by atoms with Gasteiger partial charge < -0.3 is 16.0 Å². The fourth-order valence-corrected chi connectivity index (χ4v) is 5.11. The van der Waals surface area contributed by atoms with Crippen LogP contribution in [-0.2, 0) is 9.59 Å². The largest absolute Gasteiger partial charge is 0.352 e. The van der Waals surface area contributed by atoms with E-state index >= 15 is 0 Å². The summed E-state index contributed by atoms with van der Waals surface area (Å²) in [6.45, 7) is 2.25. The van der Waals surface area contributed by atoms with Gasteiger partial charge in [-0.25, -0.2) is 0 Å². The number of carbonyl (C=O) groups excluding carboxylic acids is 2. The summed E-state index contributed by atoms with van der Waals surface area (Å²) in [6.07, 6.45) is 12.2. The highest BCUT2D eigenvalue weighted by Gasteiger charge is 2.39. The first-order chi connectivity index (χ1) is 12.2. The fraction of sp³-hybridized carbons (Fsp3) is 0.900. The molecule has 0 aromatic rings. The minimum atomic E-state index is -0.153. The molecule has 2 saturated carbocycles. The van der Waals surface area contributed by atoms with E-state index in [0.717, 1.165) is 51.6 Å². The Labute approximate surface area is 152 Å². The maximum absolute atomic E-state index is 13.0. The van der Waals surface area contributed by atoms with Gasteiger partial charge in [-0.1, -0.05) is 32.1 Å². The molecule has 3 atom stereocenters. The van der Waals surface area contributed by atoms with Crippen LogP contribution in [0.25, 0.3) is 0 Å². The summed E-state index contributed by atoms with van der Waals surface area (Å²) in [7, 11) is 0. The molecule has 2 aliphatic carbocycles. The molecular weight excluding hydrogens is 314 g/mol. The van der Waals surface area contributed by atoms with Crippen LogP contribution in [0.2, 0.25) is 0 Å². The molecule has 142 valence electrons. The molecule has 3 N–H and O–H groups in total. The molecule has 1 aliphatic heterocycles. The monoisotopic (exact) mass is 349 g/mol. The number of nitrogens with one attached hydrogen (secondary N) is 1. The van der Waals surface area contributed by atoms with E-state index in [1.165, 1.54) is 32.1 Å². The van der Waals surface area contributed by atoms with Gasteiger partial charge in [-0.2, -0.15) is 0 Å². The van der Waals surface area contributed by atoms with Crippen molar-refractivity contribution in [2.24, 2.45) is 23.5 Å². The Balaban J connectivity index is 1.62. The fourth-order valence-electron chi connectivity index (χ4n) is 5.11. The Morgan fingerprint density at radius 1 is 0.880 bits per heavy atom. The van der Waals surface area contributed by atoms with Gasteiger partial charge in [0.15, 0.2) is 0 Å². The summed E-state index contributed by atoms with van der Waals surface area (Å²) >= 11 is 0. The molecule has 3 rings (SSSR count). The zero-order valence-electron chi connectivity index (χ0n) is 15.5. The number of likely N-dealkylation sites (tertiary alicyclic amines) is 1. The number of hydrogen-bond acceptors (Lipinski definition) is 3. The van der Waals surface area contributed by atoms with Crippen molar-refractivity contribution >= 4 is 11.8 Å². The van der Waals surface area contributed by atoms with Crippen LogP contribution in [0.4, 0.5) is 0 Å². The van der Waals surface area contributed by atoms with Gasteiger partial charge in [0.2, 0.25) is 11.8 Å². The summed E-state index contributed by atoms with van der Waals surface area (Å²) < 4.78 is 0. The third-order valence-electron chi connectivity index (χ3n) is 6.64. The smallest absolute Gasteiger partial charge is 0.226 e. The van der Waals surface area contributed by atoms with E-state index in [1.54, 1.807) is 0 Å². The van der Waals surface area contributed by atoms with E-state index in [0.29, 0.717) is 12.5 Å². The molecule has 2 amide bonds. The maximum Gasteiger partial charge on any atom is 0.226 e. The molecule has 3 fully saturated rings. The summed E-state index contributed by atoms with van der Waals surface area (Å²) in [5.74, 6) is 0.549. The number of carbonyl (C=O) groups is 2. The lowest BCUT2D eigenvalue weighted by Crippen LogP contribution is -2.51. The molecule has 0 aromatic heterocycles. The molecule has 0 bridgehead atoms. The third-order valence-corrected chi connectivity index (χ3v) is 6.64. The SMILES string of the molecule is NCC(NC(=O)C1CCCCC1C(=O)N1CCCC1)C1CCCCC1. The normalized spacial score (nSPS) is 29.4. The Bertz CT molecular complexity index is 456. The van der Waals surface area contributed by atoms with E-state index in [2.05, 4.69) is 5.32 Å². The maximum atomic E-state index is 13.0. The Morgan fingerprint density at radius 2 is 1.48 bits per heavy atom. The first-order valence-corrected chi connectivity index (χ1v) is 10.5. The van der Waals surface area contributed by atoms with E-state index in [9.17, 15) is 9.59 Å². The second-order valence-corrected chi connectivity index (χ2v) is 8.28. The average molecular weight is 350 g/mol. The van der Waals surface area contributed by atoms with Crippen LogP contribution in [-0.4, -0.2) is 42.4 Å². The van der Waals surface area contributed by atoms with Crippen molar-refractivity contribution in [1.82, 2.24) is 10.2 Å². The van der Waals surface area contributed by atoms with Crippen molar-refractivity contribution in [3.63, 3.8) is 0 Å². The second-order valence-electron chi connectivity index (χ2n) is 8.28. The minimum absolute atomic E-state index is 0.0808. The van der Waals surface area contributed by atoms with Crippen molar-refractivity contribution in [1.29, 1.82) is 0 Å². The van der Waals surface area contributed by atoms with Crippen molar-refractivity contribution in [2.45, 2.75) is 76.7 Å². The molecule has 1 saturated heterocycles. The van der Waals surface area contributed by atoms with Crippen LogP contribution in [0, 0.1) is 17.8 Å². The molecular formula is C20H35N3O2. The van der Waals surface area contributed by atoms with Gasteiger partial charge in [-0.3, -0.25) is 9.59 Å². The van der Waals surface area contributed by atoms with E-state index in [1.807, 2.05) is 4.90 Å². The second kappa shape index (κ2) is 9.02. The molecule has 1 heterocycles. The van der Waals surface area contributed by atoms with E-state index < -0.39 is 0 Å². The van der Waals surface area contributed by atoms with Crippen molar-refractivity contribution < 1.29 is 9.59 Å². The zero-order valence-corrected chi connectivity index (χ0v) is 15.5. The minimum Gasteiger partial charge on any atom is -0.352 e. The lowest BCUT2D eigenvalue weighted by atomic mass is 9.77. The summed E-state index contributed by atoms with van der Waals surface area (Å²) in [5.41, 5.74) is 5.99. The highest BCUT2D eigenvalue weighted by molar-refractivity contribution is 5.88. The molecule has 3 unspecified atom stereocenters. The molecule has 0 spiro atoms. The van der Waals surface area contributed by atoms with Gasteiger partial charge in [-0.15, -0.1) is 0 Å². The Morgan fingerprint density at radius 3 is 2.12 bits per heavy atom. The summed E-state index contributed by atoms with van der Waals surface area (Å²) in [4.78, 5) is 27.9. The van der Waals surface area contributed by atoms with Crippen molar-refractivity contribution in [3.05, 3.63) is 0 Å². The highest BCUT2D eigenvalue weighted by atomic mass is 16.2. The zero-order chi connectivity index (χ0) is 17.6. The predicted molar refractivity (Wildman–Crippen MR) is 98.8 cm³/mol. The molecule has 3 aliphatic rings. The van der Waals surface area contributed by atoms with Crippen LogP contribution in [0.5, 0.6) is 0 Å². The number of amides is 2. The van der Waals surface area contributed by atoms with Crippen LogP contribution in [0.1, 0.15) is 70.6 Å². The predicted octanol–water partition coefficient (Wildman–Crippen LogP) is 2.44. The summed E-state index contributed by atoms with van der Waals surface area (Å²) in [5, 5.41) is 3.25. The van der Waals surface area contributed by atoms with Gasteiger partial charge in [0.05, 0.1) is 0 Å². The van der Waals surface area contributed by atoms with Crippen LogP contribution < -0.4 is 11.1 Å². The van der Waals surface area contributed by atoms with Crippen LogP contribution in [0.3, 0.4) is 0 Å². The van der Waals surface area contributed by atoms with Crippen molar-refractivity contribution in [3.8, 4) is 0 Å². The topological polar surface area (TPSA) is 75.4 Å². The molecule has 0 radical (unpaired) electrons. The molecule has 5 heteroatoms. The summed E-state index contributed by atoms with van der Waals surface area (Å²) in [6, 6.07) is 0.0808. The van der Waals surface area contributed by atoms with Crippen LogP contribution in [0.15, 0.2) is 0 Å². The molecule has 0 aromatic carbocycles. The quantitative estimate of drug-likeness (QED) is 0.800. The number of hydrogen-bond donors (Lipinski definition) is 2. The Kier molecular flexibility index (Phi) is 6.74. The molecule has 5 nitrogen and oxygen atoms in total. The van der Waals surface area contributed by atoms with E-state index in [4.69, 9.17) is 5.73 Å². The lowest BCUT2D eigenvalue weighted by Gasteiger charge is -2.35. The van der Waals surface area contributed by atoms with Gasteiger partial charge in [0.25, 0.3) is 0 Å². The van der Waals surface area contributed by atoms with Gasteiger partial charge >= 0.3 is 0 Å². The van der Waals surface area contributed by atoms with E-state index in [-0.39, 0.29) is 29.7 Å². The van der Waals surface area contributed by atoms with Crippen molar-refractivity contribution in [2.75, 3.05) is 19.6 Å². The lowest BCUT2D eigenvalue weighted by molar-refractivity contribution is -0.143. The number of rotatable bonds is 5. The molecule has 25 heavy (non-hydrogen) atoms. The number of nitrogens with two attached hydrogens (primary N) is 1. The van der Waals surface area contributed by atoms with Gasteiger partial charge in [0.1, 0.15) is 0 Å². The first kappa shape index (κ1) is 18.7. The Hall–Kier alpha value is -1.10. The highest BCUT2D eigenvalue weighted by Crippen LogP contribution is 2.33. The average Bonchev–Trinajstić information content (AvgIpc) is 3.21. The number of nitrogens with zero attached hydrogens (tertiary/aromatic N) is 1. The third kappa shape index (κ3) is 4.55.